The average molecular weight is 328 g/mol. The van der Waals surface area contributed by atoms with E-state index in [0.29, 0.717) is 0 Å². The second-order valence-electron chi connectivity index (χ2n) is 4.60. The SMILES string of the molecule is O=C(Nc1cnc(Oc2ccccc2F)nc1)c1ccncc1F. The standard InChI is InChI=1S/C16H10F2N4O2/c17-12-3-1-2-4-14(12)24-16-20-7-10(8-21-16)22-15(23)11-5-6-19-9-13(11)18/h1-9H,(H,22,23). The lowest BCUT2D eigenvalue weighted by Gasteiger charge is -2.07. The van der Waals surface area contributed by atoms with Gasteiger partial charge in [-0.2, -0.15) is 0 Å². The van der Waals surface area contributed by atoms with Crippen molar-refractivity contribution in [2.24, 2.45) is 0 Å². The highest BCUT2D eigenvalue weighted by Gasteiger charge is 2.12. The van der Waals surface area contributed by atoms with E-state index in [1.165, 1.54) is 42.9 Å². The number of para-hydroxylation sites is 1. The van der Waals surface area contributed by atoms with Crippen molar-refractivity contribution < 1.29 is 18.3 Å². The van der Waals surface area contributed by atoms with Crippen molar-refractivity contribution >= 4 is 11.6 Å². The Kier molecular flexibility index (Phi) is 4.37. The number of ether oxygens (including phenoxy) is 1. The third kappa shape index (κ3) is 3.49. The van der Waals surface area contributed by atoms with Crippen LogP contribution in [0, 0.1) is 11.6 Å². The van der Waals surface area contributed by atoms with Gasteiger partial charge in [0.15, 0.2) is 17.4 Å². The predicted molar refractivity (Wildman–Crippen MR) is 80.7 cm³/mol. The lowest BCUT2D eigenvalue weighted by Crippen LogP contribution is -2.14. The second kappa shape index (κ2) is 6.78. The van der Waals surface area contributed by atoms with Gasteiger partial charge in [-0.15, -0.1) is 0 Å². The number of nitrogens with one attached hydrogen (secondary N) is 1. The quantitative estimate of drug-likeness (QED) is 0.796. The third-order valence-corrected chi connectivity index (χ3v) is 2.94. The minimum absolute atomic E-state index is 0.0202. The molecule has 0 saturated heterocycles. The number of hydrogen-bond donors (Lipinski definition) is 1. The molecule has 6 nitrogen and oxygen atoms in total. The van der Waals surface area contributed by atoms with Gasteiger partial charge in [-0.25, -0.2) is 18.7 Å². The Bertz CT molecular complexity index is 872. The number of rotatable bonds is 4. The molecule has 0 radical (unpaired) electrons. The molecule has 1 N–H and O–H groups in total. The van der Waals surface area contributed by atoms with Crippen LogP contribution in [0.3, 0.4) is 0 Å². The average Bonchev–Trinajstić information content (AvgIpc) is 2.59. The van der Waals surface area contributed by atoms with E-state index in [4.69, 9.17) is 4.74 Å². The molecule has 2 heterocycles. The zero-order chi connectivity index (χ0) is 16.9. The van der Waals surface area contributed by atoms with Crippen LogP contribution >= 0.6 is 0 Å². The summed E-state index contributed by atoms with van der Waals surface area (Å²) in [4.78, 5) is 23.2. The van der Waals surface area contributed by atoms with E-state index in [1.54, 1.807) is 6.07 Å². The first-order chi connectivity index (χ1) is 11.6. The summed E-state index contributed by atoms with van der Waals surface area (Å²) in [5.41, 5.74) is 0.0776. The second-order valence-corrected chi connectivity index (χ2v) is 4.60. The lowest BCUT2D eigenvalue weighted by molar-refractivity contribution is 0.102. The summed E-state index contributed by atoms with van der Waals surface area (Å²) < 4.78 is 32.1. The summed E-state index contributed by atoms with van der Waals surface area (Å²) in [6.45, 7) is 0. The summed E-state index contributed by atoms with van der Waals surface area (Å²) in [7, 11) is 0. The van der Waals surface area contributed by atoms with Crippen molar-refractivity contribution in [3.63, 3.8) is 0 Å². The largest absolute Gasteiger partial charge is 0.421 e. The van der Waals surface area contributed by atoms with E-state index in [2.05, 4.69) is 20.3 Å². The van der Waals surface area contributed by atoms with E-state index in [1.807, 2.05) is 0 Å². The molecule has 0 saturated carbocycles. The van der Waals surface area contributed by atoms with Gasteiger partial charge in [0.1, 0.15) is 0 Å². The molecule has 120 valence electrons. The highest BCUT2D eigenvalue weighted by Crippen LogP contribution is 2.21. The van der Waals surface area contributed by atoms with Crippen molar-refractivity contribution in [3.05, 3.63) is 72.3 Å². The van der Waals surface area contributed by atoms with Crippen molar-refractivity contribution in [3.8, 4) is 11.8 Å². The van der Waals surface area contributed by atoms with Gasteiger partial charge in [0.2, 0.25) is 0 Å². The normalized spacial score (nSPS) is 10.2. The number of pyridine rings is 1. The van der Waals surface area contributed by atoms with Crippen molar-refractivity contribution in [2.75, 3.05) is 5.32 Å². The molecule has 0 unspecified atom stereocenters. The van der Waals surface area contributed by atoms with Gasteiger partial charge in [-0.1, -0.05) is 12.1 Å². The summed E-state index contributed by atoms with van der Waals surface area (Å²) in [5, 5.41) is 2.44. The van der Waals surface area contributed by atoms with Crippen LogP contribution in [0.2, 0.25) is 0 Å². The Balaban J connectivity index is 1.70. The molecule has 2 aromatic heterocycles. The van der Waals surface area contributed by atoms with Gasteiger partial charge >= 0.3 is 6.01 Å². The topological polar surface area (TPSA) is 77.0 Å². The molecule has 24 heavy (non-hydrogen) atoms. The van der Waals surface area contributed by atoms with Gasteiger partial charge in [0, 0.05) is 6.20 Å². The number of nitrogens with zero attached hydrogens (tertiary/aromatic N) is 3. The number of amides is 1. The Hall–Kier alpha value is -3.42. The molecule has 0 aliphatic heterocycles. The van der Waals surface area contributed by atoms with Crippen molar-refractivity contribution in [2.45, 2.75) is 0 Å². The number of carbonyl (C=O) groups excluding carboxylic acids is 1. The van der Waals surface area contributed by atoms with Crippen LogP contribution in [0.5, 0.6) is 11.8 Å². The molecule has 0 atom stereocenters. The molecule has 3 aromatic rings. The van der Waals surface area contributed by atoms with Crippen LogP contribution < -0.4 is 10.1 Å². The maximum Gasteiger partial charge on any atom is 0.322 e. The smallest absolute Gasteiger partial charge is 0.322 e. The predicted octanol–water partition coefficient (Wildman–Crippen LogP) is 3.19. The first kappa shape index (κ1) is 15.5. The minimum Gasteiger partial charge on any atom is -0.421 e. The van der Waals surface area contributed by atoms with Crippen LogP contribution in [0.25, 0.3) is 0 Å². The van der Waals surface area contributed by atoms with Crippen molar-refractivity contribution in [1.82, 2.24) is 15.0 Å². The number of halogens is 2. The number of aromatic nitrogens is 3. The monoisotopic (exact) mass is 328 g/mol. The van der Waals surface area contributed by atoms with Gasteiger partial charge in [-0.05, 0) is 18.2 Å². The Labute approximate surface area is 135 Å². The number of carbonyl (C=O) groups is 1. The Morgan fingerprint density at radius 3 is 2.46 bits per heavy atom. The fourth-order valence-corrected chi connectivity index (χ4v) is 1.82. The summed E-state index contributed by atoms with van der Waals surface area (Å²) in [5.74, 6) is -1.98. The molecule has 0 aliphatic carbocycles. The first-order valence-corrected chi connectivity index (χ1v) is 6.79. The van der Waals surface area contributed by atoms with Gasteiger partial charge in [0.25, 0.3) is 5.91 Å². The van der Waals surface area contributed by atoms with E-state index in [0.717, 1.165) is 6.20 Å². The summed E-state index contributed by atoms with van der Waals surface area (Å²) in [6.07, 6.45) is 4.77. The highest BCUT2D eigenvalue weighted by atomic mass is 19.1. The Morgan fingerprint density at radius 1 is 1.00 bits per heavy atom. The maximum absolute atomic E-state index is 13.5. The van der Waals surface area contributed by atoms with E-state index >= 15 is 0 Å². The minimum atomic E-state index is -0.740. The lowest BCUT2D eigenvalue weighted by atomic mass is 10.2. The number of benzene rings is 1. The van der Waals surface area contributed by atoms with Crippen molar-refractivity contribution in [1.29, 1.82) is 0 Å². The molecule has 0 bridgehead atoms. The summed E-state index contributed by atoms with van der Waals surface area (Å²) in [6, 6.07) is 6.97. The molecule has 0 aliphatic rings. The first-order valence-electron chi connectivity index (χ1n) is 6.79. The molecule has 3 rings (SSSR count). The van der Waals surface area contributed by atoms with E-state index in [9.17, 15) is 13.6 Å². The Morgan fingerprint density at radius 2 is 1.75 bits per heavy atom. The van der Waals surface area contributed by atoms with Crippen LogP contribution in [-0.4, -0.2) is 20.9 Å². The molecule has 1 amide bonds. The van der Waals surface area contributed by atoms with Crippen LogP contribution in [0.4, 0.5) is 14.5 Å². The van der Waals surface area contributed by atoms with Crippen LogP contribution in [0.1, 0.15) is 10.4 Å². The van der Waals surface area contributed by atoms with Crippen LogP contribution in [0.15, 0.2) is 55.1 Å². The fourth-order valence-electron chi connectivity index (χ4n) is 1.82. The molecule has 1 aromatic carbocycles. The highest BCUT2D eigenvalue weighted by molar-refractivity contribution is 6.04. The fraction of sp³-hybridized carbons (Fsp3) is 0. The van der Waals surface area contributed by atoms with Crippen LogP contribution in [-0.2, 0) is 0 Å². The van der Waals surface area contributed by atoms with Gasteiger partial charge in [0.05, 0.1) is 29.8 Å². The molecular weight excluding hydrogens is 318 g/mol. The van der Waals surface area contributed by atoms with Gasteiger partial charge < -0.3 is 10.1 Å². The molecule has 0 fully saturated rings. The molecular formula is C16H10F2N4O2. The number of anilines is 1. The number of hydrogen-bond acceptors (Lipinski definition) is 5. The van der Waals surface area contributed by atoms with E-state index < -0.39 is 17.5 Å². The molecule has 8 heteroatoms. The third-order valence-electron chi connectivity index (χ3n) is 2.94. The zero-order valence-electron chi connectivity index (χ0n) is 12.1. The van der Waals surface area contributed by atoms with E-state index in [-0.39, 0.29) is 23.0 Å². The summed E-state index contributed by atoms with van der Waals surface area (Å²) >= 11 is 0. The van der Waals surface area contributed by atoms with Gasteiger partial charge in [-0.3, -0.25) is 9.78 Å². The maximum atomic E-state index is 13.5. The zero-order valence-corrected chi connectivity index (χ0v) is 12.1. The molecule has 0 spiro atoms.